The van der Waals surface area contributed by atoms with E-state index in [-0.39, 0.29) is 17.1 Å². The summed E-state index contributed by atoms with van der Waals surface area (Å²) in [5.41, 5.74) is 2.84. The summed E-state index contributed by atoms with van der Waals surface area (Å²) in [7, 11) is 1.34. The normalized spacial score (nSPS) is 11.9. The average molecular weight is 370 g/mol. The van der Waals surface area contributed by atoms with Gasteiger partial charge in [-0.15, -0.1) is 0 Å². The number of hydrogen-bond donors (Lipinski definition) is 1. The van der Waals surface area contributed by atoms with E-state index in [2.05, 4.69) is 15.0 Å². The van der Waals surface area contributed by atoms with Crippen molar-refractivity contribution in [1.29, 1.82) is 0 Å². The van der Waals surface area contributed by atoms with E-state index in [1.807, 2.05) is 24.3 Å². The van der Waals surface area contributed by atoms with Crippen LogP contribution in [0.15, 0.2) is 58.2 Å². The molecule has 0 saturated carbocycles. The zero-order valence-corrected chi connectivity index (χ0v) is 15.2. The number of carbonyl (C=O) groups is 2. The summed E-state index contributed by atoms with van der Waals surface area (Å²) in [5, 5.41) is 2.99. The second-order valence-corrected chi connectivity index (χ2v) is 6.91. The van der Waals surface area contributed by atoms with Gasteiger partial charge in [0.05, 0.1) is 17.9 Å². The largest absolute Gasteiger partial charge is 0.465 e. The number of hydrogen-bond acceptors (Lipinski definition) is 6. The minimum Gasteiger partial charge on any atom is -0.465 e. The molecule has 1 N–H and O–H groups in total. The molecule has 1 amide bonds. The molecule has 1 unspecified atom stereocenters. The topological polar surface area (TPSA) is 81.4 Å². The first-order valence-electron chi connectivity index (χ1n) is 8.04. The van der Waals surface area contributed by atoms with Crippen molar-refractivity contribution >= 4 is 34.7 Å². The van der Waals surface area contributed by atoms with E-state index in [4.69, 9.17) is 4.42 Å². The molecule has 1 heterocycles. The number of nitrogens with one attached hydrogen (secondary N) is 1. The van der Waals surface area contributed by atoms with Gasteiger partial charge in [-0.05, 0) is 36.8 Å². The van der Waals surface area contributed by atoms with Crippen LogP contribution in [0.5, 0.6) is 0 Å². The quantitative estimate of drug-likeness (QED) is 0.529. The minimum absolute atomic E-state index is 0.116. The molecule has 0 radical (unpaired) electrons. The number of esters is 1. The average Bonchev–Trinajstić information content (AvgIpc) is 3.08. The SMILES string of the molecule is COC(=O)c1ccc(CNC(=O)C(C)Sc2nc3ccccc3o2)cc1. The number of methoxy groups -OCH3 is 1. The number of nitrogens with zero attached hydrogens (tertiary/aromatic N) is 1. The highest BCUT2D eigenvalue weighted by atomic mass is 32.2. The maximum atomic E-state index is 12.3. The summed E-state index contributed by atoms with van der Waals surface area (Å²) in [5.74, 6) is -0.502. The third-order valence-corrected chi connectivity index (χ3v) is 4.71. The summed E-state index contributed by atoms with van der Waals surface area (Å²) >= 11 is 1.27. The molecule has 0 aliphatic rings. The van der Waals surface area contributed by atoms with Gasteiger partial charge in [0.2, 0.25) is 5.91 Å². The summed E-state index contributed by atoms with van der Waals surface area (Å²) in [4.78, 5) is 28.1. The van der Waals surface area contributed by atoms with Crippen LogP contribution in [-0.4, -0.2) is 29.2 Å². The first-order valence-corrected chi connectivity index (χ1v) is 8.92. The molecular weight excluding hydrogens is 352 g/mol. The van der Waals surface area contributed by atoms with Crippen LogP contribution >= 0.6 is 11.8 Å². The van der Waals surface area contributed by atoms with Crippen LogP contribution in [0.3, 0.4) is 0 Å². The number of oxazole rings is 1. The highest BCUT2D eigenvalue weighted by molar-refractivity contribution is 8.00. The smallest absolute Gasteiger partial charge is 0.337 e. The molecule has 1 atom stereocenters. The van der Waals surface area contributed by atoms with E-state index < -0.39 is 0 Å². The van der Waals surface area contributed by atoms with Gasteiger partial charge in [0.15, 0.2) is 5.58 Å². The molecular formula is C19H18N2O4S. The first kappa shape index (κ1) is 18.0. The van der Waals surface area contributed by atoms with Crippen LogP contribution in [0.4, 0.5) is 0 Å². The van der Waals surface area contributed by atoms with Gasteiger partial charge in [-0.1, -0.05) is 36.0 Å². The molecule has 26 heavy (non-hydrogen) atoms. The number of aromatic nitrogens is 1. The van der Waals surface area contributed by atoms with Crippen molar-refractivity contribution in [1.82, 2.24) is 10.3 Å². The summed E-state index contributed by atoms with van der Waals surface area (Å²) < 4.78 is 10.3. The summed E-state index contributed by atoms with van der Waals surface area (Å²) in [6, 6.07) is 14.4. The van der Waals surface area contributed by atoms with Crippen LogP contribution in [0.2, 0.25) is 0 Å². The van der Waals surface area contributed by atoms with Crippen molar-refractivity contribution in [3.8, 4) is 0 Å². The number of para-hydroxylation sites is 2. The van der Waals surface area contributed by atoms with Gasteiger partial charge < -0.3 is 14.5 Å². The van der Waals surface area contributed by atoms with Crippen molar-refractivity contribution in [3.05, 3.63) is 59.7 Å². The molecule has 3 aromatic rings. The molecule has 6 nitrogen and oxygen atoms in total. The Morgan fingerprint density at radius 3 is 2.62 bits per heavy atom. The van der Waals surface area contributed by atoms with Crippen molar-refractivity contribution in [3.63, 3.8) is 0 Å². The number of ether oxygens (including phenoxy) is 1. The molecule has 2 aromatic carbocycles. The number of benzene rings is 2. The van der Waals surface area contributed by atoms with Crippen molar-refractivity contribution < 1.29 is 18.7 Å². The predicted molar refractivity (Wildman–Crippen MR) is 99.0 cm³/mol. The lowest BCUT2D eigenvalue weighted by atomic mass is 10.1. The van der Waals surface area contributed by atoms with E-state index in [0.29, 0.717) is 22.9 Å². The highest BCUT2D eigenvalue weighted by Gasteiger charge is 2.17. The molecule has 0 saturated heterocycles. The van der Waals surface area contributed by atoms with Gasteiger partial charge in [0, 0.05) is 6.54 Å². The van der Waals surface area contributed by atoms with Crippen LogP contribution in [0.1, 0.15) is 22.8 Å². The number of amides is 1. The predicted octanol–water partition coefficient (Wildman–Crippen LogP) is 3.41. The van der Waals surface area contributed by atoms with Gasteiger partial charge in [0.1, 0.15) is 5.52 Å². The fourth-order valence-corrected chi connectivity index (χ4v) is 3.10. The Hall–Kier alpha value is -2.80. The van der Waals surface area contributed by atoms with Gasteiger partial charge >= 0.3 is 5.97 Å². The summed E-state index contributed by atoms with van der Waals surface area (Å²) in [6.07, 6.45) is 0. The fourth-order valence-electron chi connectivity index (χ4n) is 2.32. The Morgan fingerprint density at radius 1 is 1.19 bits per heavy atom. The molecule has 1 aromatic heterocycles. The Morgan fingerprint density at radius 2 is 1.92 bits per heavy atom. The number of carbonyl (C=O) groups excluding carboxylic acids is 2. The zero-order chi connectivity index (χ0) is 18.5. The van der Waals surface area contributed by atoms with Crippen molar-refractivity contribution in [2.75, 3.05) is 7.11 Å². The fraction of sp³-hybridized carbons (Fsp3) is 0.211. The van der Waals surface area contributed by atoms with Gasteiger partial charge in [0.25, 0.3) is 5.22 Å². The molecule has 3 rings (SSSR count). The third kappa shape index (κ3) is 4.23. The Kier molecular flexibility index (Phi) is 5.58. The van der Waals surface area contributed by atoms with E-state index in [0.717, 1.165) is 11.1 Å². The van der Waals surface area contributed by atoms with Crippen LogP contribution < -0.4 is 5.32 Å². The lowest BCUT2D eigenvalue weighted by molar-refractivity contribution is -0.120. The highest BCUT2D eigenvalue weighted by Crippen LogP contribution is 2.26. The second kappa shape index (κ2) is 8.05. The third-order valence-electron chi connectivity index (χ3n) is 3.76. The van der Waals surface area contributed by atoms with Crippen LogP contribution in [0.25, 0.3) is 11.1 Å². The summed E-state index contributed by atoms with van der Waals surface area (Å²) in [6.45, 7) is 2.17. The Bertz CT molecular complexity index is 888. The van der Waals surface area contributed by atoms with E-state index in [9.17, 15) is 9.59 Å². The number of thioether (sulfide) groups is 1. The molecule has 134 valence electrons. The molecule has 0 bridgehead atoms. The zero-order valence-electron chi connectivity index (χ0n) is 14.4. The first-order chi connectivity index (χ1) is 12.6. The molecule has 7 heteroatoms. The maximum absolute atomic E-state index is 12.3. The van der Waals surface area contributed by atoms with Crippen molar-refractivity contribution in [2.45, 2.75) is 23.9 Å². The maximum Gasteiger partial charge on any atom is 0.337 e. The molecule has 0 fully saturated rings. The van der Waals surface area contributed by atoms with E-state index in [1.165, 1.54) is 18.9 Å². The van der Waals surface area contributed by atoms with E-state index in [1.54, 1.807) is 31.2 Å². The van der Waals surface area contributed by atoms with Gasteiger partial charge in [-0.2, -0.15) is 0 Å². The molecule has 0 spiro atoms. The Labute approximate surface area is 154 Å². The number of rotatable bonds is 6. The van der Waals surface area contributed by atoms with Crippen LogP contribution in [0, 0.1) is 0 Å². The minimum atomic E-state index is -0.385. The van der Waals surface area contributed by atoms with Gasteiger partial charge in [-0.25, -0.2) is 9.78 Å². The van der Waals surface area contributed by atoms with E-state index >= 15 is 0 Å². The molecule has 0 aliphatic carbocycles. The second-order valence-electron chi connectivity index (χ2n) is 5.61. The Balaban J connectivity index is 1.54. The molecule has 0 aliphatic heterocycles. The standard InChI is InChI=1S/C19H18N2O4S/c1-12(26-19-21-15-5-3-4-6-16(15)25-19)17(22)20-11-13-7-9-14(10-8-13)18(23)24-2/h3-10,12H,11H2,1-2H3,(H,20,22). The number of fused-ring (bicyclic) bond motifs is 1. The van der Waals surface area contributed by atoms with Gasteiger partial charge in [-0.3, -0.25) is 4.79 Å². The van der Waals surface area contributed by atoms with Crippen molar-refractivity contribution in [2.24, 2.45) is 0 Å². The van der Waals surface area contributed by atoms with Crippen LogP contribution in [-0.2, 0) is 16.1 Å². The monoisotopic (exact) mass is 370 g/mol. The lowest BCUT2D eigenvalue weighted by Gasteiger charge is -2.10. The lowest BCUT2D eigenvalue weighted by Crippen LogP contribution is -2.30.